The second-order valence-electron chi connectivity index (χ2n) is 4.39. The molecular formula is C14H23N. The second-order valence-corrected chi connectivity index (χ2v) is 4.39. The van der Waals surface area contributed by atoms with Crippen LogP contribution < -0.4 is 5.32 Å². The molecule has 1 unspecified atom stereocenters. The molecular weight excluding hydrogens is 182 g/mol. The van der Waals surface area contributed by atoms with Crippen molar-refractivity contribution in [1.29, 1.82) is 0 Å². The maximum Gasteiger partial charge on any atom is 0.0294 e. The van der Waals surface area contributed by atoms with Crippen molar-refractivity contribution in [2.45, 2.75) is 46.6 Å². The maximum absolute atomic E-state index is 3.56. The Balaban J connectivity index is 2.61. The molecule has 0 fully saturated rings. The van der Waals surface area contributed by atoms with Crippen molar-refractivity contribution in [3.05, 3.63) is 34.9 Å². The summed E-state index contributed by atoms with van der Waals surface area (Å²) in [6, 6.07) is 7.17. The average molecular weight is 205 g/mol. The molecule has 1 aromatic rings. The molecule has 1 nitrogen and oxygen atoms in total. The Morgan fingerprint density at radius 3 is 2.60 bits per heavy atom. The SMILES string of the molecule is CCCCNC(C)c1ccc(C)cc1C. The molecule has 0 aromatic heterocycles. The molecule has 0 bridgehead atoms. The lowest BCUT2D eigenvalue weighted by Crippen LogP contribution is -2.20. The summed E-state index contributed by atoms with van der Waals surface area (Å²) in [5.41, 5.74) is 4.17. The van der Waals surface area contributed by atoms with Crippen LogP contribution >= 0.6 is 0 Å². The Morgan fingerprint density at radius 2 is 2.00 bits per heavy atom. The fraction of sp³-hybridized carbons (Fsp3) is 0.571. The van der Waals surface area contributed by atoms with Crippen molar-refractivity contribution in [2.75, 3.05) is 6.54 Å². The number of nitrogens with one attached hydrogen (secondary N) is 1. The number of benzene rings is 1. The van der Waals surface area contributed by atoms with E-state index in [0.29, 0.717) is 6.04 Å². The zero-order chi connectivity index (χ0) is 11.3. The van der Waals surface area contributed by atoms with E-state index >= 15 is 0 Å². The van der Waals surface area contributed by atoms with Crippen LogP contribution in [0.4, 0.5) is 0 Å². The van der Waals surface area contributed by atoms with Crippen LogP contribution in [0.25, 0.3) is 0 Å². The van der Waals surface area contributed by atoms with Crippen molar-refractivity contribution >= 4 is 0 Å². The minimum absolute atomic E-state index is 0.470. The van der Waals surface area contributed by atoms with Crippen LogP contribution in [0.3, 0.4) is 0 Å². The van der Waals surface area contributed by atoms with Gasteiger partial charge in [-0.25, -0.2) is 0 Å². The monoisotopic (exact) mass is 205 g/mol. The Hall–Kier alpha value is -0.820. The number of hydrogen-bond acceptors (Lipinski definition) is 1. The van der Waals surface area contributed by atoms with E-state index in [1.807, 2.05) is 0 Å². The Morgan fingerprint density at radius 1 is 1.27 bits per heavy atom. The minimum Gasteiger partial charge on any atom is -0.310 e. The number of rotatable bonds is 5. The van der Waals surface area contributed by atoms with E-state index in [1.54, 1.807) is 0 Å². The van der Waals surface area contributed by atoms with Gasteiger partial charge in [0.25, 0.3) is 0 Å². The van der Waals surface area contributed by atoms with Crippen molar-refractivity contribution in [2.24, 2.45) is 0 Å². The lowest BCUT2D eigenvalue weighted by atomic mass is 10.0. The molecule has 0 saturated carbocycles. The van der Waals surface area contributed by atoms with Crippen LogP contribution in [0.1, 0.15) is 49.4 Å². The largest absolute Gasteiger partial charge is 0.310 e. The highest BCUT2D eigenvalue weighted by Gasteiger charge is 2.06. The molecule has 0 aliphatic heterocycles. The summed E-state index contributed by atoms with van der Waals surface area (Å²) in [5, 5.41) is 3.56. The first-order valence-corrected chi connectivity index (χ1v) is 5.95. The standard InChI is InChI=1S/C14H23N/c1-5-6-9-15-13(4)14-8-7-11(2)10-12(14)3/h7-8,10,13,15H,5-6,9H2,1-4H3. The highest BCUT2D eigenvalue weighted by molar-refractivity contribution is 5.32. The van der Waals surface area contributed by atoms with Gasteiger partial charge in [0.15, 0.2) is 0 Å². The molecule has 84 valence electrons. The fourth-order valence-electron chi connectivity index (χ4n) is 1.92. The highest BCUT2D eigenvalue weighted by atomic mass is 14.9. The van der Waals surface area contributed by atoms with E-state index < -0.39 is 0 Å². The van der Waals surface area contributed by atoms with Crippen LogP contribution in [0.5, 0.6) is 0 Å². The van der Waals surface area contributed by atoms with E-state index in [-0.39, 0.29) is 0 Å². The predicted molar refractivity (Wildman–Crippen MR) is 67.2 cm³/mol. The van der Waals surface area contributed by atoms with Gasteiger partial charge in [0, 0.05) is 6.04 Å². The van der Waals surface area contributed by atoms with Gasteiger partial charge in [0.05, 0.1) is 0 Å². The van der Waals surface area contributed by atoms with Gasteiger partial charge in [0.1, 0.15) is 0 Å². The third-order valence-electron chi connectivity index (χ3n) is 2.87. The molecule has 1 N–H and O–H groups in total. The second kappa shape index (κ2) is 5.92. The molecule has 15 heavy (non-hydrogen) atoms. The average Bonchev–Trinajstić information content (AvgIpc) is 2.17. The Kier molecular flexibility index (Phi) is 4.83. The Bertz CT molecular complexity index is 304. The summed E-state index contributed by atoms with van der Waals surface area (Å²) in [6.07, 6.45) is 2.52. The number of unbranched alkanes of at least 4 members (excludes halogenated alkanes) is 1. The minimum atomic E-state index is 0.470. The summed E-state index contributed by atoms with van der Waals surface area (Å²) in [5.74, 6) is 0. The fourth-order valence-corrected chi connectivity index (χ4v) is 1.92. The molecule has 1 atom stereocenters. The molecule has 1 heteroatoms. The first kappa shape index (κ1) is 12.3. The van der Waals surface area contributed by atoms with Gasteiger partial charge in [-0.1, -0.05) is 37.1 Å². The predicted octanol–water partition coefficient (Wildman–Crippen LogP) is 3.75. The van der Waals surface area contributed by atoms with Crippen molar-refractivity contribution in [3.8, 4) is 0 Å². The van der Waals surface area contributed by atoms with E-state index in [2.05, 4.69) is 51.2 Å². The molecule has 1 rings (SSSR count). The number of aryl methyl sites for hydroxylation is 2. The van der Waals surface area contributed by atoms with Gasteiger partial charge in [-0.05, 0) is 44.9 Å². The molecule has 0 aliphatic carbocycles. The van der Waals surface area contributed by atoms with Crippen molar-refractivity contribution in [3.63, 3.8) is 0 Å². The normalized spacial score (nSPS) is 12.8. The molecule has 0 aliphatic rings. The van der Waals surface area contributed by atoms with Crippen LogP contribution in [-0.2, 0) is 0 Å². The third-order valence-corrected chi connectivity index (χ3v) is 2.87. The van der Waals surface area contributed by atoms with Crippen LogP contribution in [0.2, 0.25) is 0 Å². The van der Waals surface area contributed by atoms with Gasteiger partial charge in [0.2, 0.25) is 0 Å². The summed E-state index contributed by atoms with van der Waals surface area (Å²) in [6.45, 7) is 9.92. The van der Waals surface area contributed by atoms with Crippen LogP contribution in [0, 0.1) is 13.8 Å². The lowest BCUT2D eigenvalue weighted by Gasteiger charge is -2.16. The lowest BCUT2D eigenvalue weighted by molar-refractivity contribution is 0.552. The zero-order valence-electron chi connectivity index (χ0n) is 10.4. The van der Waals surface area contributed by atoms with E-state index in [0.717, 1.165) is 6.54 Å². The van der Waals surface area contributed by atoms with E-state index in [1.165, 1.54) is 29.5 Å². The highest BCUT2D eigenvalue weighted by Crippen LogP contribution is 2.18. The quantitative estimate of drug-likeness (QED) is 0.722. The van der Waals surface area contributed by atoms with Crippen molar-refractivity contribution in [1.82, 2.24) is 5.32 Å². The van der Waals surface area contributed by atoms with Gasteiger partial charge in [-0.3, -0.25) is 0 Å². The molecule has 0 amide bonds. The third kappa shape index (κ3) is 3.67. The first-order valence-electron chi connectivity index (χ1n) is 5.95. The summed E-state index contributed by atoms with van der Waals surface area (Å²) >= 11 is 0. The van der Waals surface area contributed by atoms with Gasteiger partial charge >= 0.3 is 0 Å². The number of hydrogen-bond donors (Lipinski definition) is 1. The van der Waals surface area contributed by atoms with Crippen molar-refractivity contribution < 1.29 is 0 Å². The summed E-state index contributed by atoms with van der Waals surface area (Å²) in [7, 11) is 0. The van der Waals surface area contributed by atoms with Crippen LogP contribution in [-0.4, -0.2) is 6.54 Å². The molecule has 1 aromatic carbocycles. The van der Waals surface area contributed by atoms with Gasteiger partial charge in [-0.15, -0.1) is 0 Å². The molecule has 0 saturated heterocycles. The smallest absolute Gasteiger partial charge is 0.0294 e. The first-order chi connectivity index (χ1) is 7.15. The summed E-state index contributed by atoms with van der Waals surface area (Å²) in [4.78, 5) is 0. The molecule has 0 heterocycles. The van der Waals surface area contributed by atoms with Crippen LogP contribution in [0.15, 0.2) is 18.2 Å². The van der Waals surface area contributed by atoms with E-state index in [9.17, 15) is 0 Å². The topological polar surface area (TPSA) is 12.0 Å². The van der Waals surface area contributed by atoms with Gasteiger partial charge < -0.3 is 5.32 Å². The van der Waals surface area contributed by atoms with E-state index in [4.69, 9.17) is 0 Å². The zero-order valence-corrected chi connectivity index (χ0v) is 10.4. The molecule has 0 radical (unpaired) electrons. The summed E-state index contributed by atoms with van der Waals surface area (Å²) < 4.78 is 0. The molecule has 0 spiro atoms. The maximum atomic E-state index is 3.56. The Labute approximate surface area is 93.9 Å². The van der Waals surface area contributed by atoms with Gasteiger partial charge in [-0.2, -0.15) is 0 Å².